The number of benzene rings is 2. The van der Waals surface area contributed by atoms with E-state index in [0.29, 0.717) is 34.1 Å². The van der Waals surface area contributed by atoms with Crippen molar-refractivity contribution in [3.8, 4) is 0 Å². The van der Waals surface area contributed by atoms with Gasteiger partial charge in [0.2, 0.25) is 0 Å². The van der Waals surface area contributed by atoms with Crippen LogP contribution in [-0.2, 0) is 17.2 Å². The number of aryl methyl sites for hydroxylation is 1. The molecule has 32 heavy (non-hydrogen) atoms. The summed E-state index contributed by atoms with van der Waals surface area (Å²) in [6.45, 7) is -0.396. The van der Waals surface area contributed by atoms with Gasteiger partial charge in [0.05, 0.1) is 18.3 Å². The summed E-state index contributed by atoms with van der Waals surface area (Å²) in [6, 6.07) is 10.3. The van der Waals surface area contributed by atoms with Crippen molar-refractivity contribution in [3.63, 3.8) is 0 Å². The lowest BCUT2D eigenvalue weighted by Gasteiger charge is -2.27. The van der Waals surface area contributed by atoms with Crippen molar-refractivity contribution < 1.29 is 32.6 Å². The Morgan fingerprint density at radius 3 is 2.28 bits per heavy atom. The van der Waals surface area contributed by atoms with Gasteiger partial charge in [-0.25, -0.2) is 0 Å². The molecule has 0 saturated heterocycles. The fourth-order valence-electron chi connectivity index (χ4n) is 2.95. The predicted molar refractivity (Wildman–Crippen MR) is 123 cm³/mol. The molecule has 1 atom stereocenters. The van der Waals surface area contributed by atoms with E-state index >= 15 is 0 Å². The summed E-state index contributed by atoms with van der Waals surface area (Å²) in [6.07, 6.45) is -3.39. The van der Waals surface area contributed by atoms with Gasteiger partial charge in [-0.15, -0.1) is 12.4 Å². The van der Waals surface area contributed by atoms with Gasteiger partial charge in [0, 0.05) is 20.4 Å². The third-order valence-electron chi connectivity index (χ3n) is 4.76. The molecule has 0 heterocycles. The predicted octanol–water partition coefficient (Wildman–Crippen LogP) is 5.51. The Balaban J connectivity index is 0.00000512. The van der Waals surface area contributed by atoms with Gasteiger partial charge in [0.1, 0.15) is 0 Å². The number of rotatable bonds is 10. The normalized spacial score (nSPS) is 14.0. The maximum absolute atomic E-state index is 12.9. The van der Waals surface area contributed by atoms with Gasteiger partial charge in [-0.3, -0.25) is 4.57 Å². The summed E-state index contributed by atoms with van der Waals surface area (Å²) in [5.74, 6) is 0. The molecule has 0 amide bonds. The molecule has 0 spiro atoms. The lowest BCUT2D eigenvalue weighted by molar-refractivity contribution is -0.137. The molecule has 180 valence electrons. The highest BCUT2D eigenvalue weighted by Gasteiger charge is 2.30. The Morgan fingerprint density at radius 2 is 1.72 bits per heavy atom. The standard InChI is InChI=1S/C20H24ClF3NO4PS.ClH/c21-18-12-17(31-16-5-1-4-15(11-16)20(22,23)24)7-6-14(18)3-2-8-19(25,13-26)9-10-30(27,28)29;/h1,4-7,11-12,26H,2-3,8-10,13,25H2,(H2,27,28,29);1H. The first kappa shape index (κ1) is 29.3. The SMILES string of the molecule is Cl.NC(CO)(CCCc1ccc(Sc2cccc(C(F)(F)F)c2)cc1Cl)CCP(=O)(O)O. The van der Waals surface area contributed by atoms with Crippen LogP contribution < -0.4 is 5.73 Å². The minimum Gasteiger partial charge on any atom is -0.394 e. The Labute approximate surface area is 200 Å². The van der Waals surface area contributed by atoms with Crippen molar-refractivity contribution in [2.24, 2.45) is 5.73 Å². The molecule has 2 aromatic carbocycles. The van der Waals surface area contributed by atoms with Crippen LogP contribution in [0.4, 0.5) is 13.2 Å². The Hall–Kier alpha value is -0.770. The zero-order valence-corrected chi connectivity index (χ0v) is 20.2. The Bertz CT molecular complexity index is 945. The van der Waals surface area contributed by atoms with Gasteiger partial charge >= 0.3 is 13.8 Å². The number of alkyl halides is 3. The summed E-state index contributed by atoms with van der Waals surface area (Å²) in [7, 11) is -4.20. The van der Waals surface area contributed by atoms with Crippen molar-refractivity contribution >= 4 is 43.4 Å². The van der Waals surface area contributed by atoms with Crippen LogP contribution >= 0.6 is 43.4 Å². The van der Waals surface area contributed by atoms with Gasteiger partial charge in [-0.05, 0) is 61.6 Å². The summed E-state index contributed by atoms with van der Waals surface area (Å²) in [5, 5.41) is 9.96. The zero-order chi connectivity index (χ0) is 23.3. The van der Waals surface area contributed by atoms with Crippen LogP contribution in [0.1, 0.15) is 30.4 Å². The molecule has 0 bridgehead atoms. The lowest BCUT2D eigenvalue weighted by atomic mass is 9.91. The number of aliphatic hydroxyl groups is 1. The maximum atomic E-state index is 12.9. The van der Waals surface area contributed by atoms with Gasteiger partial charge in [0.15, 0.2) is 0 Å². The van der Waals surface area contributed by atoms with Crippen LogP contribution in [0.5, 0.6) is 0 Å². The molecular weight excluding hydrogens is 509 g/mol. The largest absolute Gasteiger partial charge is 0.416 e. The van der Waals surface area contributed by atoms with Crippen molar-refractivity contribution in [2.75, 3.05) is 12.8 Å². The lowest BCUT2D eigenvalue weighted by Crippen LogP contribution is -2.44. The molecule has 1 unspecified atom stereocenters. The van der Waals surface area contributed by atoms with Crippen molar-refractivity contribution in [1.29, 1.82) is 0 Å². The summed E-state index contributed by atoms with van der Waals surface area (Å²) < 4.78 is 49.6. The molecule has 0 aromatic heterocycles. The van der Waals surface area contributed by atoms with E-state index in [2.05, 4.69) is 0 Å². The van der Waals surface area contributed by atoms with Crippen LogP contribution in [0.15, 0.2) is 52.3 Å². The fourth-order valence-corrected chi connectivity index (χ4v) is 4.94. The van der Waals surface area contributed by atoms with Crippen LogP contribution in [0.3, 0.4) is 0 Å². The number of hydrogen-bond donors (Lipinski definition) is 4. The molecule has 0 radical (unpaired) electrons. The first-order chi connectivity index (χ1) is 14.3. The van der Waals surface area contributed by atoms with Crippen LogP contribution in [0.2, 0.25) is 5.02 Å². The monoisotopic (exact) mass is 533 g/mol. The number of hydrogen-bond acceptors (Lipinski definition) is 4. The van der Waals surface area contributed by atoms with E-state index in [1.54, 1.807) is 24.3 Å². The van der Waals surface area contributed by atoms with E-state index < -0.39 is 37.6 Å². The summed E-state index contributed by atoms with van der Waals surface area (Å²) in [4.78, 5) is 19.1. The maximum Gasteiger partial charge on any atom is 0.416 e. The van der Waals surface area contributed by atoms with E-state index in [4.69, 9.17) is 27.1 Å². The number of halogens is 5. The minimum absolute atomic E-state index is 0. The average Bonchev–Trinajstić information content (AvgIpc) is 2.67. The molecule has 0 fully saturated rings. The summed E-state index contributed by atoms with van der Waals surface area (Å²) >= 11 is 7.50. The zero-order valence-electron chi connectivity index (χ0n) is 16.9. The second-order valence-electron chi connectivity index (χ2n) is 7.39. The van der Waals surface area contributed by atoms with Crippen molar-refractivity contribution in [1.82, 2.24) is 0 Å². The van der Waals surface area contributed by atoms with Gasteiger partial charge in [-0.2, -0.15) is 13.2 Å². The molecule has 0 aliphatic rings. The number of aliphatic hydroxyl groups excluding tert-OH is 1. The van der Waals surface area contributed by atoms with Crippen molar-refractivity contribution in [3.05, 3.63) is 58.6 Å². The molecule has 12 heteroatoms. The van der Waals surface area contributed by atoms with Gasteiger partial charge < -0.3 is 20.6 Å². The van der Waals surface area contributed by atoms with E-state index in [1.165, 1.54) is 17.8 Å². The van der Waals surface area contributed by atoms with Gasteiger partial charge in [-0.1, -0.05) is 35.5 Å². The van der Waals surface area contributed by atoms with Crippen molar-refractivity contribution in [2.45, 2.75) is 47.2 Å². The van der Waals surface area contributed by atoms with Crippen LogP contribution in [-0.4, -0.2) is 33.2 Å². The Morgan fingerprint density at radius 1 is 1.06 bits per heavy atom. The van der Waals surface area contributed by atoms with Gasteiger partial charge in [0.25, 0.3) is 0 Å². The molecule has 2 rings (SSSR count). The average molecular weight is 534 g/mol. The van der Waals surface area contributed by atoms with Crippen LogP contribution in [0, 0.1) is 0 Å². The van der Waals surface area contributed by atoms with Crippen LogP contribution in [0.25, 0.3) is 0 Å². The second kappa shape index (κ2) is 12.1. The molecule has 0 aliphatic carbocycles. The quantitative estimate of drug-likeness (QED) is 0.300. The third-order valence-corrected chi connectivity index (χ3v) is 6.90. The first-order valence-electron chi connectivity index (χ1n) is 9.39. The second-order valence-corrected chi connectivity index (χ2v) is 10.7. The Kier molecular flexibility index (Phi) is 11.1. The highest BCUT2D eigenvalue weighted by Crippen LogP contribution is 2.38. The van der Waals surface area contributed by atoms with E-state index in [1.807, 2.05) is 0 Å². The summed E-state index contributed by atoms with van der Waals surface area (Å²) in [5.41, 5.74) is 5.06. The smallest absolute Gasteiger partial charge is 0.394 e. The van der Waals surface area contributed by atoms with E-state index in [0.717, 1.165) is 17.7 Å². The molecule has 0 saturated carbocycles. The molecule has 5 N–H and O–H groups in total. The van der Waals surface area contributed by atoms with E-state index in [-0.39, 0.29) is 18.8 Å². The minimum atomic E-state index is -4.41. The number of nitrogens with two attached hydrogens (primary N) is 1. The van der Waals surface area contributed by atoms with E-state index in [9.17, 15) is 22.8 Å². The molecular formula is C20H25Cl2F3NO4PS. The highest BCUT2D eigenvalue weighted by molar-refractivity contribution is 7.99. The first-order valence-corrected chi connectivity index (χ1v) is 12.4. The molecule has 2 aromatic rings. The molecule has 0 aliphatic heterocycles. The molecule has 5 nitrogen and oxygen atoms in total. The third kappa shape index (κ3) is 9.61. The highest BCUT2D eigenvalue weighted by atomic mass is 35.5. The topological polar surface area (TPSA) is 104 Å². The fraction of sp³-hybridized carbons (Fsp3) is 0.400.